The summed E-state index contributed by atoms with van der Waals surface area (Å²) in [6.45, 7) is 3.84. The van der Waals surface area contributed by atoms with Gasteiger partial charge in [-0.25, -0.2) is 4.39 Å². The summed E-state index contributed by atoms with van der Waals surface area (Å²) in [5, 5.41) is 0. The van der Waals surface area contributed by atoms with Crippen molar-refractivity contribution in [3.8, 4) is 5.75 Å². The molecule has 0 bridgehead atoms. The lowest BCUT2D eigenvalue weighted by molar-refractivity contribution is 0.108. The van der Waals surface area contributed by atoms with Gasteiger partial charge in [0.2, 0.25) is 0 Å². The zero-order valence-corrected chi connectivity index (χ0v) is 9.54. The van der Waals surface area contributed by atoms with Crippen LogP contribution in [0.4, 0.5) is 4.39 Å². The monoisotopic (exact) mass is 227 g/mol. The first-order chi connectivity index (χ1) is 7.79. The van der Waals surface area contributed by atoms with Gasteiger partial charge in [0.15, 0.2) is 11.6 Å². The molecule has 1 rings (SSSR count). The van der Waals surface area contributed by atoms with Gasteiger partial charge in [-0.05, 0) is 31.5 Å². The first-order valence-corrected chi connectivity index (χ1v) is 5.47. The molecular formula is C12H18FNO2. The van der Waals surface area contributed by atoms with Gasteiger partial charge in [-0.15, -0.1) is 0 Å². The second-order valence-electron chi connectivity index (χ2n) is 3.31. The van der Waals surface area contributed by atoms with E-state index in [1.165, 1.54) is 6.07 Å². The van der Waals surface area contributed by atoms with Gasteiger partial charge in [0.1, 0.15) is 6.61 Å². The first kappa shape index (κ1) is 12.9. The largest absolute Gasteiger partial charge is 0.488 e. The molecule has 0 saturated carbocycles. The second-order valence-corrected chi connectivity index (χ2v) is 3.31. The summed E-state index contributed by atoms with van der Waals surface area (Å²) in [5.74, 6) is -0.0462. The highest BCUT2D eigenvalue weighted by molar-refractivity contribution is 5.35. The van der Waals surface area contributed by atoms with E-state index in [0.29, 0.717) is 38.5 Å². The maximum atomic E-state index is 13.5. The lowest BCUT2D eigenvalue weighted by Crippen LogP contribution is -2.10. The number of hydrogen-bond acceptors (Lipinski definition) is 3. The Bertz CT molecular complexity index is 318. The average Bonchev–Trinajstić information content (AvgIpc) is 2.28. The summed E-state index contributed by atoms with van der Waals surface area (Å²) in [7, 11) is 0. The molecule has 3 nitrogen and oxygen atoms in total. The van der Waals surface area contributed by atoms with Crippen LogP contribution >= 0.6 is 0 Å². The number of ether oxygens (including phenoxy) is 2. The molecular weight excluding hydrogens is 209 g/mol. The zero-order valence-electron chi connectivity index (χ0n) is 9.54. The fraction of sp³-hybridized carbons (Fsp3) is 0.500. The van der Waals surface area contributed by atoms with Crippen molar-refractivity contribution in [1.29, 1.82) is 0 Å². The standard InChI is InChI=1S/C12H18FNO2/c1-2-15-8-9-16-12-10(6-7-14)4-3-5-11(12)13/h3-5H,2,6-9,14H2,1H3. The van der Waals surface area contributed by atoms with Crippen molar-refractivity contribution >= 4 is 0 Å². The number of rotatable bonds is 7. The van der Waals surface area contributed by atoms with Crippen LogP contribution in [0.15, 0.2) is 18.2 Å². The Labute approximate surface area is 95.4 Å². The van der Waals surface area contributed by atoms with Gasteiger partial charge in [-0.3, -0.25) is 0 Å². The maximum absolute atomic E-state index is 13.5. The van der Waals surface area contributed by atoms with Gasteiger partial charge < -0.3 is 15.2 Å². The molecule has 0 aromatic heterocycles. The molecule has 0 saturated heterocycles. The third-order valence-corrected chi connectivity index (χ3v) is 2.14. The summed E-state index contributed by atoms with van der Waals surface area (Å²) < 4.78 is 24.0. The third kappa shape index (κ3) is 3.79. The summed E-state index contributed by atoms with van der Waals surface area (Å²) in [6.07, 6.45) is 0.613. The smallest absolute Gasteiger partial charge is 0.165 e. The highest BCUT2D eigenvalue weighted by atomic mass is 19.1. The summed E-state index contributed by atoms with van der Waals surface area (Å²) in [6, 6.07) is 4.87. The van der Waals surface area contributed by atoms with Crippen LogP contribution in [0.1, 0.15) is 12.5 Å². The van der Waals surface area contributed by atoms with Crippen molar-refractivity contribution in [3.63, 3.8) is 0 Å². The molecule has 0 aliphatic heterocycles. The fourth-order valence-electron chi connectivity index (χ4n) is 1.41. The average molecular weight is 227 g/mol. The first-order valence-electron chi connectivity index (χ1n) is 5.47. The van der Waals surface area contributed by atoms with Gasteiger partial charge in [-0.1, -0.05) is 12.1 Å². The van der Waals surface area contributed by atoms with Crippen LogP contribution in [0.3, 0.4) is 0 Å². The van der Waals surface area contributed by atoms with Gasteiger partial charge in [0, 0.05) is 6.61 Å². The van der Waals surface area contributed by atoms with Crippen LogP contribution in [0, 0.1) is 5.82 Å². The zero-order chi connectivity index (χ0) is 11.8. The van der Waals surface area contributed by atoms with Gasteiger partial charge in [0.05, 0.1) is 6.61 Å². The topological polar surface area (TPSA) is 44.5 Å². The van der Waals surface area contributed by atoms with E-state index in [9.17, 15) is 4.39 Å². The normalized spacial score (nSPS) is 10.4. The van der Waals surface area contributed by atoms with Crippen LogP contribution in [0.2, 0.25) is 0 Å². The molecule has 90 valence electrons. The Hall–Kier alpha value is -1.13. The molecule has 0 atom stereocenters. The van der Waals surface area contributed by atoms with Crippen molar-refractivity contribution in [1.82, 2.24) is 0 Å². The molecule has 0 spiro atoms. The summed E-state index contributed by atoms with van der Waals surface area (Å²) in [4.78, 5) is 0. The van der Waals surface area contributed by atoms with E-state index >= 15 is 0 Å². The molecule has 0 radical (unpaired) electrons. The molecule has 0 unspecified atom stereocenters. The maximum Gasteiger partial charge on any atom is 0.165 e. The SMILES string of the molecule is CCOCCOc1c(F)cccc1CCN. The number of para-hydroxylation sites is 1. The van der Waals surface area contributed by atoms with Crippen LogP contribution in [0.25, 0.3) is 0 Å². The van der Waals surface area contributed by atoms with E-state index in [0.717, 1.165) is 5.56 Å². The molecule has 0 aliphatic rings. The number of benzene rings is 1. The predicted molar refractivity (Wildman–Crippen MR) is 61.1 cm³/mol. The minimum Gasteiger partial charge on any atom is -0.488 e. The van der Waals surface area contributed by atoms with Gasteiger partial charge in [-0.2, -0.15) is 0 Å². The Morgan fingerprint density at radius 2 is 2.12 bits per heavy atom. The van der Waals surface area contributed by atoms with Crippen molar-refractivity contribution in [2.45, 2.75) is 13.3 Å². The van der Waals surface area contributed by atoms with E-state index in [2.05, 4.69) is 0 Å². The molecule has 2 N–H and O–H groups in total. The number of halogens is 1. The van der Waals surface area contributed by atoms with E-state index < -0.39 is 0 Å². The highest BCUT2D eigenvalue weighted by Crippen LogP contribution is 2.22. The molecule has 0 amide bonds. The number of nitrogens with two attached hydrogens (primary N) is 1. The highest BCUT2D eigenvalue weighted by Gasteiger charge is 2.08. The van der Waals surface area contributed by atoms with Crippen LogP contribution in [0.5, 0.6) is 5.75 Å². The summed E-state index contributed by atoms with van der Waals surface area (Å²) >= 11 is 0. The quantitative estimate of drug-likeness (QED) is 0.722. The predicted octanol–water partition coefficient (Wildman–Crippen LogP) is 1.74. The van der Waals surface area contributed by atoms with Gasteiger partial charge in [0.25, 0.3) is 0 Å². The van der Waals surface area contributed by atoms with Crippen molar-refractivity contribution < 1.29 is 13.9 Å². The van der Waals surface area contributed by atoms with Crippen molar-refractivity contribution in [3.05, 3.63) is 29.6 Å². The molecule has 1 aromatic carbocycles. The van der Waals surface area contributed by atoms with Gasteiger partial charge >= 0.3 is 0 Å². The fourth-order valence-corrected chi connectivity index (χ4v) is 1.41. The minimum absolute atomic E-state index is 0.299. The van der Waals surface area contributed by atoms with E-state index in [1.54, 1.807) is 6.07 Å². The Morgan fingerprint density at radius 3 is 2.81 bits per heavy atom. The van der Waals surface area contributed by atoms with E-state index in [1.807, 2.05) is 13.0 Å². The third-order valence-electron chi connectivity index (χ3n) is 2.14. The Morgan fingerprint density at radius 1 is 1.31 bits per heavy atom. The van der Waals surface area contributed by atoms with Crippen molar-refractivity contribution in [2.75, 3.05) is 26.4 Å². The lowest BCUT2D eigenvalue weighted by Gasteiger charge is -2.11. The van der Waals surface area contributed by atoms with E-state index in [4.69, 9.17) is 15.2 Å². The van der Waals surface area contributed by atoms with Crippen LogP contribution in [-0.2, 0) is 11.2 Å². The Balaban J connectivity index is 2.61. The molecule has 1 aromatic rings. The van der Waals surface area contributed by atoms with E-state index in [-0.39, 0.29) is 5.82 Å². The lowest BCUT2D eigenvalue weighted by atomic mass is 10.1. The molecule has 0 aliphatic carbocycles. The minimum atomic E-state index is -0.345. The molecule has 4 heteroatoms. The molecule has 16 heavy (non-hydrogen) atoms. The van der Waals surface area contributed by atoms with Crippen molar-refractivity contribution in [2.24, 2.45) is 5.73 Å². The molecule has 0 fully saturated rings. The van der Waals surface area contributed by atoms with Crippen LogP contribution < -0.4 is 10.5 Å². The Kier molecular flexibility index (Phi) is 5.82. The molecule has 0 heterocycles. The van der Waals surface area contributed by atoms with Crippen LogP contribution in [-0.4, -0.2) is 26.4 Å². The number of hydrogen-bond donors (Lipinski definition) is 1. The second kappa shape index (κ2) is 7.19. The summed E-state index contributed by atoms with van der Waals surface area (Å²) in [5.41, 5.74) is 6.26.